The molecule has 0 unspecified atom stereocenters. The van der Waals surface area contributed by atoms with E-state index in [2.05, 4.69) is 11.4 Å². The summed E-state index contributed by atoms with van der Waals surface area (Å²) in [7, 11) is 1.62. The van der Waals surface area contributed by atoms with Gasteiger partial charge in [-0.2, -0.15) is 5.26 Å². The fourth-order valence-corrected chi connectivity index (χ4v) is 6.51. The van der Waals surface area contributed by atoms with Crippen molar-refractivity contribution in [2.75, 3.05) is 24.8 Å². The number of ether oxygens (including phenoxy) is 2. The number of carbonyl (C=O) groups is 2. The number of aryl methyl sites for hydroxylation is 1. The van der Waals surface area contributed by atoms with Crippen molar-refractivity contribution in [3.05, 3.63) is 81.0 Å². The van der Waals surface area contributed by atoms with Gasteiger partial charge in [0.15, 0.2) is 0 Å². The van der Waals surface area contributed by atoms with Gasteiger partial charge >= 0.3 is 5.97 Å². The van der Waals surface area contributed by atoms with Gasteiger partial charge in [0.2, 0.25) is 0 Å². The first-order valence-corrected chi connectivity index (χ1v) is 14.3. The fraction of sp³-hybridized carbons (Fsp3) is 0.161. The highest BCUT2D eigenvalue weighted by Gasteiger charge is 2.26. The Morgan fingerprint density at radius 3 is 2.34 bits per heavy atom. The molecule has 5 aromatic rings. The lowest BCUT2D eigenvalue weighted by Gasteiger charge is -2.10. The zero-order valence-electron chi connectivity index (χ0n) is 22.8. The van der Waals surface area contributed by atoms with Crippen molar-refractivity contribution in [2.45, 2.75) is 20.8 Å². The van der Waals surface area contributed by atoms with Crippen LogP contribution in [0.2, 0.25) is 0 Å². The Morgan fingerprint density at radius 1 is 1.02 bits per heavy atom. The molecule has 8 nitrogen and oxygen atoms in total. The number of methoxy groups -OCH3 is 1. The molecular formula is C31H26N4O4S2. The molecule has 0 fully saturated rings. The monoisotopic (exact) mass is 582 g/mol. The topological polar surface area (TPSA) is 127 Å². The number of benzene rings is 2. The second kappa shape index (κ2) is 11.4. The summed E-state index contributed by atoms with van der Waals surface area (Å²) < 4.78 is 10.4. The van der Waals surface area contributed by atoms with Crippen LogP contribution in [0.15, 0.2) is 54.6 Å². The third kappa shape index (κ3) is 5.25. The smallest absolute Gasteiger partial charge is 0.348 e. The summed E-state index contributed by atoms with van der Waals surface area (Å²) in [5, 5.41) is 13.5. The van der Waals surface area contributed by atoms with Crippen LogP contribution < -0.4 is 15.8 Å². The van der Waals surface area contributed by atoms with Gasteiger partial charge in [-0.25, -0.2) is 9.78 Å². The maximum absolute atomic E-state index is 13.6. The van der Waals surface area contributed by atoms with Gasteiger partial charge in [0, 0.05) is 10.9 Å². The molecule has 5 rings (SSSR count). The van der Waals surface area contributed by atoms with E-state index < -0.39 is 11.9 Å². The Bertz CT molecular complexity index is 1830. The van der Waals surface area contributed by atoms with E-state index in [0.29, 0.717) is 21.5 Å². The number of aromatic nitrogens is 1. The molecule has 41 heavy (non-hydrogen) atoms. The van der Waals surface area contributed by atoms with Gasteiger partial charge in [-0.05, 0) is 67.8 Å². The van der Waals surface area contributed by atoms with Gasteiger partial charge in [0.25, 0.3) is 5.91 Å². The first kappa shape index (κ1) is 27.8. The first-order chi connectivity index (χ1) is 19.7. The molecule has 10 heteroatoms. The Kier molecular flexibility index (Phi) is 7.75. The predicted molar refractivity (Wildman–Crippen MR) is 164 cm³/mol. The Balaban J connectivity index is 1.62. The highest BCUT2D eigenvalue weighted by molar-refractivity contribution is 7.22. The maximum atomic E-state index is 13.6. The summed E-state index contributed by atoms with van der Waals surface area (Å²) in [5.41, 5.74) is 12.1. The van der Waals surface area contributed by atoms with Crippen LogP contribution in [-0.4, -0.2) is 30.6 Å². The summed E-state index contributed by atoms with van der Waals surface area (Å²) in [6.07, 6.45) is 0. The summed E-state index contributed by atoms with van der Waals surface area (Å²) in [4.78, 5) is 32.0. The van der Waals surface area contributed by atoms with E-state index in [-0.39, 0.29) is 26.9 Å². The molecule has 0 saturated carbocycles. The summed E-state index contributed by atoms with van der Waals surface area (Å²) in [6.45, 7) is 5.58. The van der Waals surface area contributed by atoms with Crippen LogP contribution in [0.3, 0.4) is 0 Å². The quantitative estimate of drug-likeness (QED) is 0.194. The number of nitrogens with one attached hydrogen (secondary N) is 1. The lowest BCUT2D eigenvalue weighted by Crippen LogP contribution is -2.11. The number of amides is 1. The van der Waals surface area contributed by atoms with Gasteiger partial charge < -0.3 is 20.5 Å². The minimum atomic E-state index is -0.536. The number of thiophene rings is 2. The number of nitriles is 1. The molecule has 0 radical (unpaired) electrons. The van der Waals surface area contributed by atoms with Crippen LogP contribution in [0, 0.1) is 25.2 Å². The van der Waals surface area contributed by atoms with Gasteiger partial charge in [-0.15, -0.1) is 22.7 Å². The molecule has 0 aliphatic carbocycles. The van der Waals surface area contributed by atoms with E-state index in [4.69, 9.17) is 20.2 Å². The van der Waals surface area contributed by atoms with Crippen molar-refractivity contribution >= 4 is 55.5 Å². The summed E-state index contributed by atoms with van der Waals surface area (Å²) >= 11 is 2.18. The molecule has 2 aromatic carbocycles. The zero-order valence-corrected chi connectivity index (χ0v) is 24.5. The molecule has 0 spiro atoms. The average molecular weight is 583 g/mol. The number of nitrogens with two attached hydrogens (primary N) is 1. The number of hydrogen-bond donors (Lipinski definition) is 2. The number of fused-ring (bicyclic) bond motifs is 1. The third-order valence-corrected chi connectivity index (χ3v) is 8.89. The number of esters is 1. The highest BCUT2D eigenvalue weighted by Crippen LogP contribution is 2.42. The van der Waals surface area contributed by atoms with Gasteiger partial charge in [0.05, 0.1) is 30.7 Å². The van der Waals surface area contributed by atoms with E-state index in [1.165, 1.54) is 11.3 Å². The first-order valence-electron chi connectivity index (χ1n) is 12.7. The number of carbonyl (C=O) groups excluding carboxylic acids is 2. The number of pyridine rings is 1. The minimum absolute atomic E-state index is 0.201. The number of rotatable bonds is 7. The van der Waals surface area contributed by atoms with Crippen LogP contribution in [0.4, 0.5) is 10.7 Å². The van der Waals surface area contributed by atoms with Crippen LogP contribution in [0.25, 0.3) is 32.6 Å². The van der Waals surface area contributed by atoms with E-state index in [9.17, 15) is 14.9 Å². The van der Waals surface area contributed by atoms with Crippen molar-refractivity contribution in [1.82, 2.24) is 4.98 Å². The molecule has 3 aromatic heterocycles. The molecule has 3 N–H and O–H groups in total. The molecule has 1 amide bonds. The van der Waals surface area contributed by atoms with Crippen molar-refractivity contribution in [2.24, 2.45) is 0 Å². The Morgan fingerprint density at radius 2 is 1.71 bits per heavy atom. The van der Waals surface area contributed by atoms with Crippen LogP contribution in [0.5, 0.6) is 5.75 Å². The minimum Gasteiger partial charge on any atom is -0.497 e. The third-order valence-electron chi connectivity index (χ3n) is 6.60. The van der Waals surface area contributed by atoms with Gasteiger partial charge in [-0.1, -0.05) is 29.8 Å². The number of hydrogen-bond acceptors (Lipinski definition) is 9. The fourth-order valence-electron chi connectivity index (χ4n) is 4.45. The molecule has 3 heterocycles. The Hall–Kier alpha value is -4.72. The molecule has 206 valence electrons. The normalized spacial score (nSPS) is 10.8. The van der Waals surface area contributed by atoms with Crippen LogP contribution >= 0.6 is 22.7 Å². The van der Waals surface area contributed by atoms with Crippen molar-refractivity contribution in [1.29, 1.82) is 5.26 Å². The van der Waals surface area contributed by atoms with Gasteiger partial charge in [-0.3, -0.25) is 4.79 Å². The highest BCUT2D eigenvalue weighted by atomic mass is 32.1. The van der Waals surface area contributed by atoms with Crippen LogP contribution in [0.1, 0.15) is 43.0 Å². The number of nitrogens with zero attached hydrogens (tertiary/aromatic N) is 2. The average Bonchev–Trinajstić information content (AvgIpc) is 3.48. The number of nitrogen functional groups attached to an aromatic ring is 1. The van der Waals surface area contributed by atoms with Crippen molar-refractivity contribution in [3.8, 4) is 34.2 Å². The standard InChI is InChI=1S/C31H26N4O4S2/c1-5-39-31(37)26-17(3)22(15-32)29(40-26)35-28(36)27-25(33)24-21(18-8-6-16(2)7-9-18)14-23(34-30(24)41-27)19-10-12-20(38-4)13-11-19/h6-14H,5,33H2,1-4H3,(H,35,36). The SMILES string of the molecule is CCOC(=O)c1sc(NC(=O)c2sc3nc(-c4ccc(OC)cc4)cc(-c4ccc(C)cc4)c3c2N)c(C#N)c1C. The summed E-state index contributed by atoms with van der Waals surface area (Å²) in [5.74, 6) is -0.287. The number of anilines is 2. The van der Waals surface area contributed by atoms with Crippen molar-refractivity contribution in [3.63, 3.8) is 0 Å². The predicted octanol–water partition coefficient (Wildman–Crippen LogP) is 7.20. The molecule has 0 saturated heterocycles. The van der Waals surface area contributed by atoms with Crippen molar-refractivity contribution < 1.29 is 19.1 Å². The Labute approximate surface area is 245 Å². The van der Waals surface area contributed by atoms with E-state index in [1.54, 1.807) is 21.0 Å². The lowest BCUT2D eigenvalue weighted by atomic mass is 9.98. The second-order valence-corrected chi connectivity index (χ2v) is 11.2. The van der Waals surface area contributed by atoms with Gasteiger partial charge in [0.1, 0.15) is 31.4 Å². The van der Waals surface area contributed by atoms with Crippen LogP contribution in [-0.2, 0) is 4.74 Å². The van der Waals surface area contributed by atoms with E-state index in [0.717, 1.165) is 45.0 Å². The zero-order chi connectivity index (χ0) is 29.3. The molecule has 0 atom stereocenters. The molecule has 0 aliphatic heterocycles. The molecule has 0 aliphatic rings. The summed E-state index contributed by atoms with van der Waals surface area (Å²) in [6, 6.07) is 19.7. The lowest BCUT2D eigenvalue weighted by molar-refractivity contribution is 0.0531. The van der Waals surface area contributed by atoms with E-state index in [1.807, 2.05) is 61.5 Å². The second-order valence-electron chi connectivity index (χ2n) is 9.22. The largest absolute Gasteiger partial charge is 0.497 e. The molecular weight excluding hydrogens is 556 g/mol. The maximum Gasteiger partial charge on any atom is 0.348 e. The molecule has 0 bridgehead atoms. The van der Waals surface area contributed by atoms with E-state index >= 15 is 0 Å².